The van der Waals surface area contributed by atoms with Crippen molar-refractivity contribution in [1.82, 2.24) is 20.1 Å². The molecule has 1 unspecified atom stereocenters. The number of aromatic nitrogens is 3. The van der Waals surface area contributed by atoms with Crippen molar-refractivity contribution >= 4 is 5.84 Å². The minimum atomic E-state index is -4.58. The molecule has 19 heavy (non-hydrogen) atoms. The third-order valence-corrected chi connectivity index (χ3v) is 2.54. The molecule has 0 aliphatic rings. The van der Waals surface area contributed by atoms with Crippen molar-refractivity contribution in [3.05, 3.63) is 12.2 Å². The summed E-state index contributed by atoms with van der Waals surface area (Å²) < 4.78 is 39.6. The van der Waals surface area contributed by atoms with Gasteiger partial charge in [-0.3, -0.25) is 0 Å². The number of nitrogens with two attached hydrogens (primary N) is 1. The number of hydrogen-bond acceptors (Lipinski definition) is 5. The van der Waals surface area contributed by atoms with Crippen molar-refractivity contribution < 1.29 is 18.4 Å². The first-order valence-electron chi connectivity index (χ1n) is 5.51. The van der Waals surface area contributed by atoms with Crippen molar-refractivity contribution in [2.45, 2.75) is 26.2 Å². The van der Waals surface area contributed by atoms with Crippen molar-refractivity contribution in [3.63, 3.8) is 0 Å². The Labute approximate surface area is 107 Å². The molecule has 10 heteroatoms. The Balaban J connectivity index is 2.59. The van der Waals surface area contributed by atoms with E-state index in [1.54, 1.807) is 4.57 Å². The molecule has 0 saturated carbocycles. The maximum Gasteiger partial charge on any atom is 0.400 e. The number of nitrogens with zero attached hydrogens (tertiary/aromatic N) is 4. The van der Waals surface area contributed by atoms with Crippen LogP contribution in [0, 0.1) is 5.92 Å². The van der Waals surface area contributed by atoms with Gasteiger partial charge < -0.3 is 20.8 Å². The maximum atomic E-state index is 12.6. The van der Waals surface area contributed by atoms with Crippen LogP contribution < -0.4 is 11.1 Å². The van der Waals surface area contributed by atoms with Gasteiger partial charge in [-0.25, -0.2) is 0 Å². The smallest absolute Gasteiger partial charge is 0.400 e. The monoisotopic (exact) mass is 280 g/mol. The molecule has 1 rings (SSSR count). The zero-order valence-electron chi connectivity index (χ0n) is 10.2. The Morgan fingerprint density at radius 2 is 2.32 bits per heavy atom. The summed E-state index contributed by atoms with van der Waals surface area (Å²) in [6, 6.07) is 0. The van der Waals surface area contributed by atoms with E-state index < -0.39 is 24.5 Å². The van der Waals surface area contributed by atoms with E-state index in [9.17, 15) is 13.2 Å². The second-order valence-electron chi connectivity index (χ2n) is 3.78. The van der Waals surface area contributed by atoms with Crippen LogP contribution >= 0.6 is 0 Å². The van der Waals surface area contributed by atoms with Gasteiger partial charge in [0.15, 0.2) is 5.84 Å². The summed E-state index contributed by atoms with van der Waals surface area (Å²) >= 11 is 0. The largest absolute Gasteiger partial charge is 0.409 e. The summed E-state index contributed by atoms with van der Waals surface area (Å²) in [5.41, 5.74) is 5.03. The molecule has 0 amide bonds. The third kappa shape index (κ3) is 4.09. The molecule has 0 saturated heterocycles. The van der Waals surface area contributed by atoms with Gasteiger partial charge in [0.1, 0.15) is 18.1 Å². The molecule has 1 atom stereocenters. The summed E-state index contributed by atoms with van der Waals surface area (Å²) in [6.45, 7) is 2.09. The molecular formula is C9H15F3N6O. The van der Waals surface area contributed by atoms with Gasteiger partial charge in [0, 0.05) is 13.1 Å². The summed E-state index contributed by atoms with van der Waals surface area (Å²) in [5, 5.41) is 20.7. The minimum absolute atomic E-state index is 0.110. The summed E-state index contributed by atoms with van der Waals surface area (Å²) in [7, 11) is 0. The molecule has 0 bridgehead atoms. The van der Waals surface area contributed by atoms with E-state index in [1.807, 2.05) is 6.92 Å². The predicted molar refractivity (Wildman–Crippen MR) is 60.4 cm³/mol. The molecule has 0 aliphatic carbocycles. The van der Waals surface area contributed by atoms with Crippen LogP contribution in [0.4, 0.5) is 13.2 Å². The molecule has 7 nitrogen and oxygen atoms in total. The maximum absolute atomic E-state index is 12.6. The van der Waals surface area contributed by atoms with Gasteiger partial charge in [0.05, 0.1) is 6.54 Å². The van der Waals surface area contributed by atoms with E-state index in [4.69, 9.17) is 10.9 Å². The highest BCUT2D eigenvalue weighted by molar-refractivity contribution is 5.83. The Morgan fingerprint density at radius 1 is 1.63 bits per heavy atom. The lowest BCUT2D eigenvalue weighted by molar-refractivity contribution is -0.155. The second-order valence-corrected chi connectivity index (χ2v) is 3.78. The van der Waals surface area contributed by atoms with Crippen LogP contribution in [-0.4, -0.2) is 38.5 Å². The third-order valence-electron chi connectivity index (χ3n) is 2.54. The Morgan fingerprint density at radius 3 is 2.84 bits per heavy atom. The fourth-order valence-electron chi connectivity index (χ4n) is 1.47. The molecule has 0 radical (unpaired) electrons. The van der Waals surface area contributed by atoms with E-state index in [0.29, 0.717) is 12.4 Å². The number of alkyl halides is 3. The van der Waals surface area contributed by atoms with Gasteiger partial charge in [-0.05, 0) is 6.92 Å². The van der Waals surface area contributed by atoms with Crippen molar-refractivity contribution in [3.8, 4) is 0 Å². The number of halogens is 3. The first kappa shape index (κ1) is 15.2. The topological polar surface area (TPSA) is 101 Å². The number of oxime groups is 1. The average molecular weight is 280 g/mol. The fourth-order valence-corrected chi connectivity index (χ4v) is 1.47. The zero-order valence-corrected chi connectivity index (χ0v) is 10.2. The molecule has 1 aromatic rings. The van der Waals surface area contributed by atoms with E-state index in [0.717, 1.165) is 0 Å². The predicted octanol–water partition coefficient (Wildman–Crippen LogP) is 0.312. The van der Waals surface area contributed by atoms with Crippen molar-refractivity contribution in [2.75, 3.05) is 6.54 Å². The summed E-state index contributed by atoms with van der Waals surface area (Å²) in [6.07, 6.45) is -3.09. The molecule has 1 aromatic heterocycles. The van der Waals surface area contributed by atoms with E-state index in [-0.39, 0.29) is 6.54 Å². The summed E-state index contributed by atoms with van der Waals surface area (Å²) in [5.74, 6) is -2.41. The first-order chi connectivity index (χ1) is 8.90. The van der Waals surface area contributed by atoms with Gasteiger partial charge in [0.2, 0.25) is 0 Å². The van der Waals surface area contributed by atoms with Crippen LogP contribution in [0.2, 0.25) is 0 Å². The van der Waals surface area contributed by atoms with E-state index >= 15 is 0 Å². The lowest BCUT2D eigenvalue weighted by atomic mass is 10.1. The Bertz CT molecular complexity index is 430. The van der Waals surface area contributed by atoms with Crippen LogP contribution in [0.5, 0.6) is 0 Å². The zero-order chi connectivity index (χ0) is 14.5. The molecule has 0 fully saturated rings. The van der Waals surface area contributed by atoms with Gasteiger partial charge >= 0.3 is 6.18 Å². The van der Waals surface area contributed by atoms with Crippen LogP contribution in [0.1, 0.15) is 12.7 Å². The highest BCUT2D eigenvalue weighted by atomic mass is 19.4. The average Bonchev–Trinajstić information content (AvgIpc) is 2.79. The van der Waals surface area contributed by atoms with Crippen molar-refractivity contribution in [2.24, 2.45) is 16.8 Å². The van der Waals surface area contributed by atoms with Gasteiger partial charge in [-0.2, -0.15) is 13.2 Å². The van der Waals surface area contributed by atoms with Crippen LogP contribution in [-0.2, 0) is 13.1 Å². The Kier molecular flexibility index (Phi) is 5.10. The number of nitrogens with one attached hydrogen (secondary N) is 1. The SMILES string of the molecule is CCn1cnnc1CNCC(C(N)=NO)C(F)(F)F. The minimum Gasteiger partial charge on any atom is -0.409 e. The Hall–Kier alpha value is -1.84. The molecule has 108 valence electrons. The van der Waals surface area contributed by atoms with E-state index in [2.05, 4.69) is 20.7 Å². The molecule has 1 heterocycles. The molecule has 4 N–H and O–H groups in total. The fraction of sp³-hybridized carbons (Fsp3) is 0.667. The lowest BCUT2D eigenvalue weighted by Crippen LogP contribution is -2.42. The quantitative estimate of drug-likeness (QED) is 0.301. The number of amidine groups is 1. The normalized spacial score (nSPS) is 14.6. The number of rotatable bonds is 6. The molecule has 0 aliphatic heterocycles. The summed E-state index contributed by atoms with van der Waals surface area (Å²) in [4.78, 5) is 0. The molecular weight excluding hydrogens is 265 g/mol. The highest BCUT2D eigenvalue weighted by Crippen LogP contribution is 2.25. The first-order valence-corrected chi connectivity index (χ1v) is 5.51. The number of aryl methyl sites for hydroxylation is 1. The van der Waals surface area contributed by atoms with Gasteiger partial charge in [0.25, 0.3) is 0 Å². The molecule has 0 spiro atoms. The second kappa shape index (κ2) is 6.36. The van der Waals surface area contributed by atoms with Gasteiger partial charge in [-0.1, -0.05) is 5.16 Å². The van der Waals surface area contributed by atoms with E-state index in [1.165, 1.54) is 6.33 Å². The lowest BCUT2D eigenvalue weighted by Gasteiger charge is -2.19. The number of hydrogen-bond donors (Lipinski definition) is 3. The van der Waals surface area contributed by atoms with Crippen LogP contribution in [0.15, 0.2) is 11.5 Å². The van der Waals surface area contributed by atoms with Crippen LogP contribution in [0.3, 0.4) is 0 Å². The molecule has 0 aromatic carbocycles. The standard InChI is InChI=1S/C9H15F3N6O/c1-2-18-5-15-16-7(18)4-14-3-6(8(13)17-19)9(10,11)12/h5-6,14,19H,2-4H2,1H3,(H2,13,17). The highest BCUT2D eigenvalue weighted by Gasteiger charge is 2.42. The van der Waals surface area contributed by atoms with Crippen molar-refractivity contribution in [1.29, 1.82) is 0 Å². The van der Waals surface area contributed by atoms with Crippen LogP contribution in [0.25, 0.3) is 0 Å². The van der Waals surface area contributed by atoms with Gasteiger partial charge in [-0.15, -0.1) is 10.2 Å².